The monoisotopic (exact) mass is 575 g/mol. The van der Waals surface area contributed by atoms with E-state index in [0.29, 0.717) is 23.9 Å². The lowest BCUT2D eigenvalue weighted by molar-refractivity contribution is 0.312. The second kappa shape index (κ2) is 11.9. The van der Waals surface area contributed by atoms with Gasteiger partial charge in [-0.25, -0.2) is 22.7 Å². The molecule has 0 saturated carbocycles. The Morgan fingerprint density at radius 1 is 1.20 bits per heavy atom. The molecule has 0 spiro atoms. The van der Waals surface area contributed by atoms with Gasteiger partial charge in [0.1, 0.15) is 12.1 Å². The van der Waals surface area contributed by atoms with Gasteiger partial charge in [-0.05, 0) is 99.5 Å². The maximum Gasteiger partial charge on any atom is 0.238 e. The van der Waals surface area contributed by atoms with Crippen molar-refractivity contribution in [2.45, 2.75) is 40.0 Å². The van der Waals surface area contributed by atoms with Crippen molar-refractivity contribution in [2.24, 2.45) is 13.0 Å². The summed E-state index contributed by atoms with van der Waals surface area (Å²) in [7, 11) is 0.0245. The van der Waals surface area contributed by atoms with Gasteiger partial charge in [0.05, 0.1) is 16.6 Å². The van der Waals surface area contributed by atoms with Crippen molar-refractivity contribution in [1.29, 1.82) is 0 Å². The average molecular weight is 576 g/mol. The van der Waals surface area contributed by atoms with Crippen LogP contribution in [0.25, 0.3) is 22.0 Å². The Balaban J connectivity index is 1.47. The first-order chi connectivity index (χ1) is 19.5. The van der Waals surface area contributed by atoms with Crippen molar-refractivity contribution < 1.29 is 8.42 Å². The summed E-state index contributed by atoms with van der Waals surface area (Å²) in [6.45, 7) is 13.7. The number of piperidine rings is 1. The van der Waals surface area contributed by atoms with Crippen LogP contribution in [0.2, 0.25) is 0 Å². The van der Waals surface area contributed by atoms with Crippen molar-refractivity contribution in [3.63, 3.8) is 0 Å². The van der Waals surface area contributed by atoms with E-state index in [1.165, 1.54) is 4.31 Å². The summed E-state index contributed by atoms with van der Waals surface area (Å²) in [6.07, 6.45) is 10.1. The molecule has 0 amide bonds. The minimum absolute atomic E-state index is 0.354. The smallest absolute Gasteiger partial charge is 0.238 e. The van der Waals surface area contributed by atoms with Crippen molar-refractivity contribution in [1.82, 2.24) is 29.4 Å². The molecule has 4 heterocycles. The standard InChI is InChI=1S/C31H41N7O2S/c1-21(2)28-9-12-38(19-26(28)14-23(4)41(39,40)37(6)17-24-7-10-32-11-8-24)31-29-15-25(27-16-35-36(5)18-27)13-22(3)30(29)33-20-34-31/h13-16,18,20,24,32H,1,7-12,17,19H2,2-6H3. The summed E-state index contributed by atoms with van der Waals surface area (Å²) >= 11 is 0. The van der Waals surface area contributed by atoms with E-state index in [1.807, 2.05) is 32.4 Å². The van der Waals surface area contributed by atoms with E-state index in [-0.39, 0.29) is 0 Å². The molecule has 2 aliphatic heterocycles. The number of rotatable bonds is 8. The van der Waals surface area contributed by atoms with Gasteiger partial charge in [0, 0.05) is 50.9 Å². The summed E-state index contributed by atoms with van der Waals surface area (Å²) in [4.78, 5) is 11.9. The number of nitrogens with one attached hydrogen (secondary N) is 1. The zero-order valence-corrected chi connectivity index (χ0v) is 25.6. The number of hydrogen-bond donors (Lipinski definition) is 1. The fourth-order valence-corrected chi connectivity index (χ4v) is 7.19. The van der Waals surface area contributed by atoms with E-state index in [2.05, 4.69) is 45.9 Å². The normalized spacial score (nSPS) is 17.6. The lowest BCUT2D eigenvalue weighted by Gasteiger charge is -2.32. The molecule has 0 radical (unpaired) electrons. The van der Waals surface area contributed by atoms with Crippen molar-refractivity contribution in [2.75, 3.05) is 44.7 Å². The van der Waals surface area contributed by atoms with Crippen LogP contribution in [0.5, 0.6) is 0 Å². The highest BCUT2D eigenvalue weighted by Gasteiger charge is 2.27. The number of sulfonamides is 1. The molecule has 1 fully saturated rings. The first kappa shape index (κ1) is 29.2. The first-order valence-corrected chi connectivity index (χ1v) is 15.7. The molecule has 1 saturated heterocycles. The largest absolute Gasteiger partial charge is 0.351 e. The zero-order chi connectivity index (χ0) is 29.3. The third-order valence-electron chi connectivity index (χ3n) is 8.31. The molecule has 1 N–H and O–H groups in total. The summed E-state index contributed by atoms with van der Waals surface area (Å²) in [5, 5.41) is 8.66. The van der Waals surface area contributed by atoms with E-state index in [0.717, 1.165) is 89.0 Å². The molecular weight excluding hydrogens is 534 g/mol. The molecule has 2 aliphatic rings. The number of hydrogen-bond acceptors (Lipinski definition) is 7. The summed E-state index contributed by atoms with van der Waals surface area (Å²) in [5.74, 6) is 1.23. The minimum Gasteiger partial charge on any atom is -0.351 e. The predicted molar refractivity (Wildman–Crippen MR) is 166 cm³/mol. The fourth-order valence-electron chi connectivity index (χ4n) is 6.00. The predicted octanol–water partition coefficient (Wildman–Crippen LogP) is 4.59. The number of benzene rings is 1. The molecule has 0 atom stereocenters. The first-order valence-electron chi connectivity index (χ1n) is 14.3. The minimum atomic E-state index is -3.59. The van der Waals surface area contributed by atoms with E-state index < -0.39 is 10.0 Å². The van der Waals surface area contributed by atoms with Gasteiger partial charge in [0.2, 0.25) is 10.0 Å². The average Bonchev–Trinajstić information content (AvgIpc) is 3.39. The second-order valence-electron chi connectivity index (χ2n) is 11.5. The van der Waals surface area contributed by atoms with Crippen LogP contribution >= 0.6 is 0 Å². The lowest BCUT2D eigenvalue weighted by atomic mass is 9.94. The van der Waals surface area contributed by atoms with Crippen LogP contribution in [0.1, 0.15) is 38.7 Å². The molecule has 9 nitrogen and oxygen atoms in total. The van der Waals surface area contributed by atoms with Gasteiger partial charge in [-0.2, -0.15) is 5.10 Å². The van der Waals surface area contributed by atoms with Crippen LogP contribution in [-0.4, -0.2) is 72.2 Å². The van der Waals surface area contributed by atoms with Crippen LogP contribution in [0, 0.1) is 12.8 Å². The molecule has 218 valence electrons. The summed E-state index contributed by atoms with van der Waals surface area (Å²) < 4.78 is 30.4. The molecule has 1 aromatic carbocycles. The van der Waals surface area contributed by atoms with E-state index >= 15 is 0 Å². The number of nitrogens with zero attached hydrogens (tertiary/aromatic N) is 6. The highest BCUT2D eigenvalue weighted by atomic mass is 32.2. The van der Waals surface area contributed by atoms with Gasteiger partial charge in [0.25, 0.3) is 0 Å². The maximum absolute atomic E-state index is 13.5. The number of allylic oxidation sites excluding steroid dienone is 2. The van der Waals surface area contributed by atoms with Crippen LogP contribution in [0.15, 0.2) is 65.1 Å². The SMILES string of the molecule is C=C(C)C1=C(C=C(C)S(=O)(=O)N(C)CC2CCNCC2)CN(c2ncnc3c(C)cc(-c4cnn(C)c4)cc23)CC1. The molecular formula is C31H41N7O2S. The number of anilines is 1. The van der Waals surface area contributed by atoms with E-state index in [1.54, 1.807) is 25.0 Å². The van der Waals surface area contributed by atoms with E-state index in [4.69, 9.17) is 4.98 Å². The number of aromatic nitrogens is 4. The van der Waals surface area contributed by atoms with Gasteiger partial charge in [-0.15, -0.1) is 0 Å². The van der Waals surface area contributed by atoms with Crippen LogP contribution < -0.4 is 10.2 Å². The Kier molecular flexibility index (Phi) is 8.45. The van der Waals surface area contributed by atoms with Crippen molar-refractivity contribution in [3.05, 3.63) is 70.7 Å². The van der Waals surface area contributed by atoms with Crippen LogP contribution in [0.4, 0.5) is 5.82 Å². The van der Waals surface area contributed by atoms with E-state index in [9.17, 15) is 8.42 Å². The topological polar surface area (TPSA) is 96.2 Å². The highest BCUT2D eigenvalue weighted by Crippen LogP contribution is 2.34. The summed E-state index contributed by atoms with van der Waals surface area (Å²) in [6, 6.07) is 4.27. The van der Waals surface area contributed by atoms with Crippen molar-refractivity contribution >= 4 is 26.7 Å². The number of aryl methyl sites for hydroxylation is 2. The summed E-state index contributed by atoms with van der Waals surface area (Å²) in [5.41, 5.74) is 7.12. The molecule has 2 aromatic heterocycles. The number of fused-ring (bicyclic) bond motifs is 1. The molecule has 3 aromatic rings. The molecule has 0 aliphatic carbocycles. The highest BCUT2D eigenvalue weighted by molar-refractivity contribution is 7.92. The van der Waals surface area contributed by atoms with Crippen LogP contribution in [-0.2, 0) is 17.1 Å². The Hall–Kier alpha value is -3.34. The molecule has 0 unspecified atom stereocenters. The van der Waals surface area contributed by atoms with Crippen LogP contribution in [0.3, 0.4) is 0 Å². The Morgan fingerprint density at radius 2 is 1.95 bits per heavy atom. The lowest BCUT2D eigenvalue weighted by Crippen LogP contribution is -2.37. The van der Waals surface area contributed by atoms with Crippen molar-refractivity contribution in [3.8, 4) is 11.1 Å². The van der Waals surface area contributed by atoms with Gasteiger partial charge < -0.3 is 10.2 Å². The molecule has 10 heteroatoms. The molecule has 0 bridgehead atoms. The van der Waals surface area contributed by atoms with Gasteiger partial charge in [0.15, 0.2) is 0 Å². The maximum atomic E-state index is 13.5. The second-order valence-corrected chi connectivity index (χ2v) is 13.7. The third-order valence-corrected chi connectivity index (χ3v) is 10.2. The Morgan fingerprint density at radius 3 is 2.63 bits per heavy atom. The zero-order valence-electron chi connectivity index (χ0n) is 24.8. The Bertz CT molecular complexity index is 1630. The fraction of sp³-hybridized carbons (Fsp3) is 0.452. The van der Waals surface area contributed by atoms with Gasteiger partial charge in [-0.3, -0.25) is 4.68 Å². The van der Waals surface area contributed by atoms with Gasteiger partial charge >= 0.3 is 0 Å². The molecule has 5 rings (SSSR count). The van der Waals surface area contributed by atoms with Gasteiger partial charge in [-0.1, -0.05) is 12.2 Å². The molecule has 41 heavy (non-hydrogen) atoms. The quantitative estimate of drug-likeness (QED) is 0.420. The third kappa shape index (κ3) is 6.14. The Labute approximate surface area is 243 Å².